The maximum atomic E-state index is 9.97. The van der Waals surface area contributed by atoms with Crippen LogP contribution in [0.25, 0.3) is 0 Å². The predicted molar refractivity (Wildman–Crippen MR) is 74.1 cm³/mol. The SMILES string of the molecule is CN(Cc1cccc(Br)c1O)C1CCCCC1. The number of hydrogen-bond donors (Lipinski definition) is 1. The second-order valence-electron chi connectivity index (χ2n) is 4.95. The van der Waals surface area contributed by atoms with E-state index in [-0.39, 0.29) is 0 Å². The van der Waals surface area contributed by atoms with Crippen LogP contribution in [0.2, 0.25) is 0 Å². The summed E-state index contributed by atoms with van der Waals surface area (Å²) < 4.78 is 0.784. The van der Waals surface area contributed by atoms with Gasteiger partial charge in [0.15, 0.2) is 0 Å². The van der Waals surface area contributed by atoms with Crippen LogP contribution in [0.1, 0.15) is 37.7 Å². The summed E-state index contributed by atoms with van der Waals surface area (Å²) in [5, 5.41) is 9.97. The monoisotopic (exact) mass is 297 g/mol. The van der Waals surface area contributed by atoms with Crippen molar-refractivity contribution in [1.29, 1.82) is 0 Å². The Bertz CT molecular complexity index is 374. The molecule has 1 saturated carbocycles. The highest BCUT2D eigenvalue weighted by atomic mass is 79.9. The van der Waals surface area contributed by atoms with Crippen molar-refractivity contribution in [3.8, 4) is 5.75 Å². The first-order valence-corrected chi connectivity index (χ1v) is 7.14. The number of hydrogen-bond acceptors (Lipinski definition) is 2. The number of halogens is 1. The van der Waals surface area contributed by atoms with Gasteiger partial charge in [-0.3, -0.25) is 4.90 Å². The van der Waals surface area contributed by atoms with Crippen LogP contribution in [-0.4, -0.2) is 23.1 Å². The van der Waals surface area contributed by atoms with Gasteiger partial charge in [-0.25, -0.2) is 0 Å². The van der Waals surface area contributed by atoms with E-state index in [4.69, 9.17) is 0 Å². The molecule has 0 unspecified atom stereocenters. The normalized spacial score (nSPS) is 17.6. The Morgan fingerprint density at radius 1 is 1.29 bits per heavy atom. The minimum atomic E-state index is 0.384. The maximum absolute atomic E-state index is 9.97. The lowest BCUT2D eigenvalue weighted by Gasteiger charge is -2.31. The van der Waals surface area contributed by atoms with Gasteiger partial charge in [-0.2, -0.15) is 0 Å². The Balaban J connectivity index is 2.01. The average Bonchev–Trinajstić information content (AvgIpc) is 2.36. The van der Waals surface area contributed by atoms with Gasteiger partial charge in [-0.15, -0.1) is 0 Å². The zero-order valence-corrected chi connectivity index (χ0v) is 11.9. The molecule has 1 aromatic carbocycles. The van der Waals surface area contributed by atoms with Crippen molar-refractivity contribution in [3.63, 3.8) is 0 Å². The highest BCUT2D eigenvalue weighted by Crippen LogP contribution is 2.30. The molecule has 0 spiro atoms. The molecular weight excluding hydrogens is 278 g/mol. The molecule has 0 amide bonds. The zero-order chi connectivity index (χ0) is 12.3. The van der Waals surface area contributed by atoms with Gasteiger partial charge in [-0.05, 0) is 41.9 Å². The summed E-state index contributed by atoms with van der Waals surface area (Å²) in [7, 11) is 2.16. The predicted octanol–water partition coefficient (Wildman–Crippen LogP) is 3.92. The summed E-state index contributed by atoms with van der Waals surface area (Å²) in [5.41, 5.74) is 1.01. The average molecular weight is 298 g/mol. The molecule has 2 rings (SSSR count). The van der Waals surface area contributed by atoms with E-state index >= 15 is 0 Å². The summed E-state index contributed by atoms with van der Waals surface area (Å²) in [5.74, 6) is 0.384. The Morgan fingerprint density at radius 2 is 2.00 bits per heavy atom. The number of para-hydroxylation sites is 1. The summed E-state index contributed by atoms with van der Waals surface area (Å²) >= 11 is 3.36. The zero-order valence-electron chi connectivity index (χ0n) is 10.3. The Kier molecular flexibility index (Phi) is 4.46. The van der Waals surface area contributed by atoms with Crippen LogP contribution in [-0.2, 0) is 6.54 Å². The van der Waals surface area contributed by atoms with Crippen molar-refractivity contribution >= 4 is 15.9 Å². The summed E-state index contributed by atoms with van der Waals surface area (Å²) in [6.45, 7) is 0.829. The molecule has 94 valence electrons. The third kappa shape index (κ3) is 3.23. The molecule has 0 aromatic heterocycles. The quantitative estimate of drug-likeness (QED) is 0.914. The first kappa shape index (κ1) is 12.9. The van der Waals surface area contributed by atoms with Crippen LogP contribution in [0, 0.1) is 0 Å². The molecule has 1 aliphatic rings. The van der Waals surface area contributed by atoms with Crippen LogP contribution < -0.4 is 0 Å². The van der Waals surface area contributed by atoms with Crippen molar-refractivity contribution in [2.75, 3.05) is 7.05 Å². The molecule has 0 heterocycles. The topological polar surface area (TPSA) is 23.5 Å². The van der Waals surface area contributed by atoms with Crippen LogP contribution in [0.4, 0.5) is 0 Å². The molecule has 1 fully saturated rings. The third-order valence-electron chi connectivity index (χ3n) is 3.69. The lowest BCUT2D eigenvalue weighted by atomic mass is 9.94. The van der Waals surface area contributed by atoms with Crippen molar-refractivity contribution in [2.24, 2.45) is 0 Å². The molecular formula is C14H20BrNO. The van der Waals surface area contributed by atoms with Gasteiger partial charge in [0.1, 0.15) is 5.75 Å². The van der Waals surface area contributed by atoms with E-state index in [9.17, 15) is 5.11 Å². The molecule has 1 N–H and O–H groups in total. The second kappa shape index (κ2) is 5.87. The molecule has 0 aliphatic heterocycles. The van der Waals surface area contributed by atoms with Gasteiger partial charge < -0.3 is 5.11 Å². The molecule has 1 aromatic rings. The van der Waals surface area contributed by atoms with Gasteiger partial charge in [0.05, 0.1) is 4.47 Å². The molecule has 0 atom stereocenters. The van der Waals surface area contributed by atoms with Crippen LogP contribution >= 0.6 is 15.9 Å². The van der Waals surface area contributed by atoms with E-state index in [0.29, 0.717) is 11.8 Å². The number of aromatic hydroxyl groups is 1. The Hall–Kier alpha value is -0.540. The molecule has 17 heavy (non-hydrogen) atoms. The first-order chi connectivity index (χ1) is 8.18. The molecule has 0 radical (unpaired) electrons. The summed E-state index contributed by atoms with van der Waals surface area (Å²) in [6, 6.07) is 6.54. The van der Waals surface area contributed by atoms with Gasteiger partial charge in [0, 0.05) is 18.2 Å². The van der Waals surface area contributed by atoms with Crippen LogP contribution in [0.5, 0.6) is 5.75 Å². The molecule has 0 bridgehead atoms. The fourth-order valence-corrected chi connectivity index (χ4v) is 3.01. The summed E-state index contributed by atoms with van der Waals surface area (Å²) in [4.78, 5) is 2.38. The van der Waals surface area contributed by atoms with E-state index < -0.39 is 0 Å². The number of benzene rings is 1. The van der Waals surface area contributed by atoms with Gasteiger partial charge >= 0.3 is 0 Å². The van der Waals surface area contributed by atoms with Crippen molar-refractivity contribution < 1.29 is 5.11 Å². The van der Waals surface area contributed by atoms with Crippen LogP contribution in [0.15, 0.2) is 22.7 Å². The minimum Gasteiger partial charge on any atom is -0.506 e. The molecule has 2 nitrogen and oxygen atoms in total. The fraction of sp³-hybridized carbons (Fsp3) is 0.571. The van der Waals surface area contributed by atoms with Gasteiger partial charge in [-0.1, -0.05) is 31.4 Å². The van der Waals surface area contributed by atoms with E-state index in [1.165, 1.54) is 32.1 Å². The van der Waals surface area contributed by atoms with Gasteiger partial charge in [0.25, 0.3) is 0 Å². The van der Waals surface area contributed by atoms with E-state index in [2.05, 4.69) is 27.9 Å². The largest absolute Gasteiger partial charge is 0.506 e. The van der Waals surface area contributed by atoms with E-state index in [1.54, 1.807) is 0 Å². The van der Waals surface area contributed by atoms with Crippen molar-refractivity contribution in [1.82, 2.24) is 4.90 Å². The van der Waals surface area contributed by atoms with E-state index in [0.717, 1.165) is 16.6 Å². The van der Waals surface area contributed by atoms with Crippen LogP contribution in [0.3, 0.4) is 0 Å². The Morgan fingerprint density at radius 3 is 2.71 bits per heavy atom. The third-order valence-corrected chi connectivity index (χ3v) is 4.33. The highest BCUT2D eigenvalue weighted by Gasteiger charge is 2.19. The summed E-state index contributed by atoms with van der Waals surface area (Å²) in [6.07, 6.45) is 6.67. The number of nitrogens with zero attached hydrogens (tertiary/aromatic N) is 1. The molecule has 3 heteroatoms. The van der Waals surface area contributed by atoms with E-state index in [1.807, 2.05) is 18.2 Å². The number of phenols is 1. The number of phenolic OH excluding ortho intramolecular Hbond substituents is 1. The van der Waals surface area contributed by atoms with Gasteiger partial charge in [0.2, 0.25) is 0 Å². The second-order valence-corrected chi connectivity index (χ2v) is 5.81. The highest BCUT2D eigenvalue weighted by molar-refractivity contribution is 9.10. The lowest BCUT2D eigenvalue weighted by Crippen LogP contribution is -2.32. The smallest absolute Gasteiger partial charge is 0.134 e. The standard InChI is InChI=1S/C14H20BrNO/c1-16(12-7-3-2-4-8-12)10-11-6-5-9-13(15)14(11)17/h5-6,9,12,17H,2-4,7-8,10H2,1H3. The van der Waals surface area contributed by atoms with Crippen molar-refractivity contribution in [2.45, 2.75) is 44.7 Å². The lowest BCUT2D eigenvalue weighted by molar-refractivity contribution is 0.183. The maximum Gasteiger partial charge on any atom is 0.134 e. The minimum absolute atomic E-state index is 0.384. The fourth-order valence-electron chi connectivity index (χ4n) is 2.61. The Labute approximate surface area is 112 Å². The number of rotatable bonds is 3. The molecule has 1 aliphatic carbocycles. The molecule has 0 saturated heterocycles. The van der Waals surface area contributed by atoms with Crippen molar-refractivity contribution in [3.05, 3.63) is 28.2 Å². The first-order valence-electron chi connectivity index (χ1n) is 6.35.